The maximum Gasteiger partial charge on any atom is 0.328 e. The quantitative estimate of drug-likeness (QED) is 0.0190. The largest absolute Gasteiger partial charge is 0.508 e. The zero-order valence-electron chi connectivity index (χ0n) is 29.9. The van der Waals surface area contributed by atoms with Crippen LogP contribution in [0.3, 0.4) is 0 Å². The fourth-order valence-corrected chi connectivity index (χ4v) is 4.81. The molecule has 0 aromatic rings. The first-order valence-electron chi connectivity index (χ1n) is 18.4. The van der Waals surface area contributed by atoms with Crippen molar-refractivity contribution in [2.24, 2.45) is 0 Å². The predicted molar refractivity (Wildman–Crippen MR) is 198 cm³/mol. The van der Waals surface area contributed by atoms with E-state index in [1.807, 2.05) is 19.1 Å². The molecule has 0 radical (unpaired) electrons. The van der Waals surface area contributed by atoms with Gasteiger partial charge in [-0.05, 0) is 76.4 Å². The second-order valence-electron chi connectivity index (χ2n) is 12.3. The number of hydrogen-bond donors (Lipinski definition) is 6. The zero-order chi connectivity index (χ0) is 36.1. The molecular formula is C40H68O8. The van der Waals surface area contributed by atoms with Crippen LogP contribution in [0.25, 0.3) is 0 Å². The van der Waals surface area contributed by atoms with E-state index in [9.17, 15) is 30.0 Å². The lowest BCUT2D eigenvalue weighted by Gasteiger charge is -2.10. The summed E-state index contributed by atoms with van der Waals surface area (Å²) in [4.78, 5) is 20.5. The van der Waals surface area contributed by atoms with Crippen molar-refractivity contribution in [1.29, 1.82) is 0 Å². The first-order valence-corrected chi connectivity index (χ1v) is 18.4. The van der Waals surface area contributed by atoms with Gasteiger partial charge in [-0.3, -0.25) is 0 Å². The van der Waals surface area contributed by atoms with Gasteiger partial charge in [0.15, 0.2) is 0 Å². The highest BCUT2D eigenvalue weighted by Crippen LogP contribution is 2.14. The number of hydrogen-bond acceptors (Lipinski definition) is 6. The van der Waals surface area contributed by atoms with Crippen molar-refractivity contribution in [3.8, 4) is 0 Å². The molecule has 0 aliphatic heterocycles. The van der Waals surface area contributed by atoms with Crippen molar-refractivity contribution in [1.82, 2.24) is 0 Å². The highest BCUT2D eigenvalue weighted by molar-refractivity contribution is 5.80. The van der Waals surface area contributed by atoms with Crippen LogP contribution in [-0.2, 0) is 9.59 Å². The number of allylic oxidation sites excluding steroid dienone is 9. The van der Waals surface area contributed by atoms with E-state index in [0.29, 0.717) is 0 Å². The van der Waals surface area contributed by atoms with Crippen molar-refractivity contribution in [2.75, 3.05) is 0 Å². The van der Waals surface area contributed by atoms with Crippen molar-refractivity contribution in [3.05, 3.63) is 72.6 Å². The molecule has 0 bridgehead atoms. The predicted octanol–water partition coefficient (Wildman–Crippen LogP) is 9.68. The molecule has 3 atom stereocenters. The van der Waals surface area contributed by atoms with Gasteiger partial charge in [0.2, 0.25) is 0 Å². The molecule has 8 nitrogen and oxygen atoms in total. The van der Waals surface area contributed by atoms with Crippen LogP contribution in [0.1, 0.15) is 149 Å². The van der Waals surface area contributed by atoms with E-state index < -0.39 is 11.9 Å². The van der Waals surface area contributed by atoms with E-state index in [4.69, 9.17) is 10.2 Å². The molecule has 8 heteroatoms. The lowest BCUT2D eigenvalue weighted by molar-refractivity contribution is -0.132. The van der Waals surface area contributed by atoms with Gasteiger partial charge in [0, 0.05) is 12.2 Å². The molecule has 276 valence electrons. The fraction of sp³-hybridized carbons (Fsp3) is 0.650. The monoisotopic (exact) mass is 676 g/mol. The molecule has 0 fully saturated rings. The Balaban J connectivity index is 0. The Morgan fingerprint density at radius 3 is 1.46 bits per heavy atom. The topological polar surface area (TPSA) is 156 Å². The molecule has 0 saturated carbocycles. The molecule has 0 aromatic heterocycles. The Hall–Kier alpha value is -2.94. The lowest BCUT2D eigenvalue weighted by Crippen LogP contribution is -2.06. The summed E-state index contributed by atoms with van der Waals surface area (Å²) in [6.45, 7) is 4.22. The summed E-state index contributed by atoms with van der Waals surface area (Å²) in [5, 5.41) is 55.7. The number of carboxylic acid groups (broad SMARTS) is 2. The van der Waals surface area contributed by atoms with Crippen molar-refractivity contribution in [2.45, 2.75) is 167 Å². The summed E-state index contributed by atoms with van der Waals surface area (Å²) in [6, 6.07) is 0. The number of aliphatic hydroxyl groups excluding tert-OH is 4. The zero-order valence-corrected chi connectivity index (χ0v) is 29.9. The van der Waals surface area contributed by atoms with Gasteiger partial charge in [0.05, 0.1) is 18.3 Å². The summed E-state index contributed by atoms with van der Waals surface area (Å²) in [6.07, 6.45) is 38.0. The van der Waals surface area contributed by atoms with Gasteiger partial charge in [0.25, 0.3) is 0 Å². The molecular weight excluding hydrogens is 608 g/mol. The van der Waals surface area contributed by atoms with Crippen molar-refractivity contribution in [3.63, 3.8) is 0 Å². The Kier molecular flexibility index (Phi) is 36.3. The Morgan fingerprint density at radius 1 is 0.479 bits per heavy atom. The van der Waals surface area contributed by atoms with Crippen LogP contribution in [0.15, 0.2) is 72.6 Å². The maximum absolute atomic E-state index is 10.2. The maximum atomic E-state index is 10.2. The normalized spacial score (nSPS) is 14.3. The first-order chi connectivity index (χ1) is 23.1. The summed E-state index contributed by atoms with van der Waals surface area (Å²) in [5.41, 5.74) is 0. The molecule has 6 N–H and O–H groups in total. The Bertz CT molecular complexity index is 932. The van der Waals surface area contributed by atoms with Crippen LogP contribution in [0.2, 0.25) is 0 Å². The van der Waals surface area contributed by atoms with E-state index in [0.717, 1.165) is 115 Å². The molecule has 3 unspecified atom stereocenters. The molecule has 0 amide bonds. The summed E-state index contributed by atoms with van der Waals surface area (Å²) in [7, 11) is 0. The Morgan fingerprint density at radius 2 is 0.917 bits per heavy atom. The average Bonchev–Trinajstić information content (AvgIpc) is 3.05. The van der Waals surface area contributed by atoms with Gasteiger partial charge < -0.3 is 30.6 Å². The average molecular weight is 677 g/mol. The molecule has 0 aliphatic rings. The van der Waals surface area contributed by atoms with Crippen LogP contribution >= 0.6 is 0 Å². The number of carboxylic acids is 2. The van der Waals surface area contributed by atoms with Crippen LogP contribution in [0, 0.1) is 0 Å². The van der Waals surface area contributed by atoms with Crippen LogP contribution in [0.4, 0.5) is 0 Å². The third kappa shape index (κ3) is 41.1. The van der Waals surface area contributed by atoms with Gasteiger partial charge in [-0.15, -0.1) is 0 Å². The van der Waals surface area contributed by atoms with Crippen LogP contribution < -0.4 is 0 Å². The third-order valence-corrected chi connectivity index (χ3v) is 7.77. The highest BCUT2D eigenvalue weighted by atomic mass is 16.4. The summed E-state index contributed by atoms with van der Waals surface area (Å²) in [5.74, 6) is -1.82. The molecule has 0 aliphatic carbocycles. The third-order valence-electron chi connectivity index (χ3n) is 7.77. The van der Waals surface area contributed by atoms with Gasteiger partial charge in [-0.2, -0.15) is 0 Å². The van der Waals surface area contributed by atoms with E-state index in [2.05, 4.69) is 6.92 Å². The minimum atomic E-state index is -1.01. The Labute approximate surface area is 291 Å². The van der Waals surface area contributed by atoms with Gasteiger partial charge in [0.1, 0.15) is 5.76 Å². The molecule has 0 heterocycles. The molecule has 0 aromatic carbocycles. The van der Waals surface area contributed by atoms with Crippen molar-refractivity contribution >= 4 is 11.9 Å². The number of carbonyl (C=O) groups is 2. The number of rotatable bonds is 30. The molecule has 0 saturated heterocycles. The van der Waals surface area contributed by atoms with E-state index in [1.165, 1.54) is 56.4 Å². The number of unbranched alkanes of at least 4 members (excludes halogenated alkanes) is 11. The minimum Gasteiger partial charge on any atom is -0.508 e. The molecule has 0 rings (SSSR count). The molecule has 48 heavy (non-hydrogen) atoms. The van der Waals surface area contributed by atoms with E-state index >= 15 is 0 Å². The first kappa shape index (κ1) is 47.2. The number of aliphatic hydroxyl groups is 4. The SMILES string of the molecule is CCC(O)CCCCCCC(O)CCCC=CC=CC=CC(=O)O.CCCCCCCCC(O)CCCCC=C(O)C=CC=CC(=O)O. The van der Waals surface area contributed by atoms with E-state index in [1.54, 1.807) is 18.2 Å². The van der Waals surface area contributed by atoms with Crippen molar-refractivity contribution < 1.29 is 40.2 Å². The number of aliphatic carboxylic acids is 2. The second-order valence-corrected chi connectivity index (χ2v) is 12.3. The summed E-state index contributed by atoms with van der Waals surface area (Å²) < 4.78 is 0. The second kappa shape index (κ2) is 36.9. The van der Waals surface area contributed by atoms with Gasteiger partial charge >= 0.3 is 11.9 Å². The fourth-order valence-electron chi connectivity index (χ4n) is 4.81. The molecule has 0 spiro atoms. The highest BCUT2D eigenvalue weighted by Gasteiger charge is 2.05. The standard InChI is InChI=1S/2C20H34O4/c1-2-18(21)14-10-8-9-12-16-19(22)15-11-6-4-3-5-7-13-17-20(23)24;1-2-3-4-5-6-8-13-18(21)14-9-7-10-15-19(22)16-11-12-17-20(23)24/h3-5,7,13,17-19,21-22H,2,6,8-12,14-16H2,1H3,(H,23,24);11-12,15-18,21-22H,2-10,13-14H2,1H3,(H,23,24). The summed E-state index contributed by atoms with van der Waals surface area (Å²) >= 11 is 0. The van der Waals surface area contributed by atoms with E-state index in [-0.39, 0.29) is 24.1 Å². The van der Waals surface area contributed by atoms with Gasteiger partial charge in [-0.25, -0.2) is 9.59 Å². The minimum absolute atomic E-state index is 0.137. The lowest BCUT2D eigenvalue weighted by atomic mass is 10.0. The van der Waals surface area contributed by atoms with Gasteiger partial charge in [-0.1, -0.05) is 127 Å². The van der Waals surface area contributed by atoms with Crippen LogP contribution in [0.5, 0.6) is 0 Å². The van der Waals surface area contributed by atoms with Crippen LogP contribution in [-0.4, -0.2) is 60.9 Å². The smallest absolute Gasteiger partial charge is 0.328 e.